The molecule has 3 N–H and O–H groups in total. The number of nitrogens with zero attached hydrogens (tertiary/aromatic N) is 4. The van der Waals surface area contributed by atoms with Gasteiger partial charge < -0.3 is 24.7 Å². The van der Waals surface area contributed by atoms with Crippen molar-refractivity contribution in [3.05, 3.63) is 111 Å². The Morgan fingerprint density at radius 1 is 1.08 bits per heavy atom. The first-order valence-corrected chi connectivity index (χ1v) is 22.0. The number of hydrogen-bond donors (Lipinski definition) is 3. The summed E-state index contributed by atoms with van der Waals surface area (Å²) in [5.41, 5.74) is 5.34. The number of nitro groups is 1. The summed E-state index contributed by atoms with van der Waals surface area (Å²) in [4.78, 5) is 37.1. The van der Waals surface area contributed by atoms with Crippen LogP contribution in [0.25, 0.3) is 16.6 Å². The second kappa shape index (κ2) is 16.4. The molecular weight excluding hydrogens is 806 g/mol. The summed E-state index contributed by atoms with van der Waals surface area (Å²) in [6.45, 7) is 12.7. The lowest BCUT2D eigenvalue weighted by Crippen LogP contribution is -2.47. The van der Waals surface area contributed by atoms with Crippen LogP contribution in [0.1, 0.15) is 62.9 Å². The summed E-state index contributed by atoms with van der Waals surface area (Å²) in [5, 5.41) is 16.7. The molecule has 1 saturated heterocycles. The molecule has 60 heavy (non-hydrogen) atoms. The van der Waals surface area contributed by atoms with Crippen molar-refractivity contribution in [2.75, 3.05) is 49.5 Å². The number of amides is 1. The zero-order valence-electron chi connectivity index (χ0n) is 34.0. The number of halogens is 1. The van der Waals surface area contributed by atoms with Crippen molar-refractivity contribution in [2.24, 2.45) is 11.3 Å². The van der Waals surface area contributed by atoms with Gasteiger partial charge >= 0.3 is 0 Å². The molecule has 16 heteroatoms. The third kappa shape index (κ3) is 8.79. The quantitative estimate of drug-likeness (QED) is 0.0858. The number of pyridine rings is 1. The van der Waals surface area contributed by atoms with E-state index in [1.165, 1.54) is 35.0 Å². The van der Waals surface area contributed by atoms with Crippen LogP contribution in [-0.4, -0.2) is 79.5 Å². The number of nitrogens with one attached hydrogen (secondary N) is 3. The minimum absolute atomic E-state index is 0.0106. The van der Waals surface area contributed by atoms with Crippen LogP contribution in [0.15, 0.2) is 89.6 Å². The molecule has 2 aromatic heterocycles. The lowest BCUT2D eigenvalue weighted by atomic mass is 9.72. The van der Waals surface area contributed by atoms with E-state index in [9.17, 15) is 23.3 Å². The first kappa shape index (κ1) is 41.1. The Morgan fingerprint density at radius 2 is 1.85 bits per heavy atom. The van der Waals surface area contributed by atoms with Gasteiger partial charge in [0, 0.05) is 73.2 Å². The molecule has 0 unspecified atom stereocenters. The van der Waals surface area contributed by atoms with Crippen LogP contribution in [-0.2, 0) is 10.0 Å². The number of sulfonamides is 1. The lowest BCUT2D eigenvalue weighted by Gasteiger charge is -2.39. The van der Waals surface area contributed by atoms with Gasteiger partial charge in [0.1, 0.15) is 23.8 Å². The number of carbonyl (C=O) groups excluding carboxylic acids is 1. The predicted octanol–water partition coefficient (Wildman–Crippen LogP) is 8.65. The first-order chi connectivity index (χ1) is 28.6. The summed E-state index contributed by atoms with van der Waals surface area (Å²) in [6.07, 6.45) is 6.46. The fourth-order valence-electron chi connectivity index (χ4n) is 8.12. The average Bonchev–Trinajstić information content (AvgIpc) is 3.69. The number of hydrogen-bond acceptors (Lipinski definition) is 11. The maximum absolute atomic E-state index is 13.9. The van der Waals surface area contributed by atoms with Gasteiger partial charge in [-0.1, -0.05) is 57.0 Å². The molecule has 14 nitrogen and oxygen atoms in total. The van der Waals surface area contributed by atoms with Crippen LogP contribution < -0.4 is 24.4 Å². The average molecular weight is 854 g/mol. The molecule has 1 amide bonds. The number of anilines is 2. The number of fused-ring (bicyclic) bond motifs is 2. The Morgan fingerprint density at radius 3 is 2.58 bits per heavy atom. The number of nitro benzene ring substituents is 1. The van der Waals surface area contributed by atoms with Gasteiger partial charge in [-0.2, -0.15) is 0 Å². The summed E-state index contributed by atoms with van der Waals surface area (Å²) in [6, 6.07) is 18.7. The van der Waals surface area contributed by atoms with E-state index in [1.807, 2.05) is 32.0 Å². The largest absolute Gasteiger partial charge is 0.489 e. The molecule has 1 atom stereocenters. The number of H-pyrrole nitrogens is 1. The smallest absolute Gasteiger partial charge is 0.297 e. The number of aromatic amines is 1. The second-order valence-electron chi connectivity index (χ2n) is 16.9. The van der Waals surface area contributed by atoms with Crippen molar-refractivity contribution in [2.45, 2.75) is 57.9 Å². The monoisotopic (exact) mass is 853 g/mol. The predicted molar refractivity (Wildman–Crippen MR) is 233 cm³/mol. The number of carbonyl (C=O) groups is 1. The Kier molecular flexibility index (Phi) is 11.3. The second-order valence-corrected chi connectivity index (χ2v) is 19.0. The highest BCUT2D eigenvalue weighted by Gasteiger charge is 2.34. The molecule has 3 aromatic carbocycles. The van der Waals surface area contributed by atoms with Gasteiger partial charge in [-0.25, -0.2) is 18.1 Å². The van der Waals surface area contributed by atoms with Gasteiger partial charge in [0.2, 0.25) is 0 Å². The molecule has 8 rings (SSSR count). The van der Waals surface area contributed by atoms with Crippen LogP contribution in [0.5, 0.6) is 17.2 Å². The van der Waals surface area contributed by atoms with Gasteiger partial charge in [-0.05, 0) is 78.1 Å². The maximum atomic E-state index is 13.9. The first-order valence-electron chi connectivity index (χ1n) is 20.1. The van der Waals surface area contributed by atoms with Gasteiger partial charge in [0.25, 0.3) is 21.6 Å². The van der Waals surface area contributed by atoms with Gasteiger partial charge in [-0.15, -0.1) is 0 Å². The minimum atomic E-state index is -4.63. The Bertz CT molecular complexity index is 2600. The highest BCUT2D eigenvalue weighted by Crippen LogP contribution is 2.44. The zero-order valence-corrected chi connectivity index (χ0v) is 35.5. The van der Waals surface area contributed by atoms with Gasteiger partial charge in [0.15, 0.2) is 11.4 Å². The topological polar surface area (TPSA) is 172 Å². The Labute approximate surface area is 354 Å². The van der Waals surface area contributed by atoms with Crippen LogP contribution in [0.3, 0.4) is 0 Å². The number of piperazine rings is 1. The highest BCUT2D eigenvalue weighted by atomic mass is 35.5. The van der Waals surface area contributed by atoms with Crippen molar-refractivity contribution in [1.82, 2.24) is 19.6 Å². The van der Waals surface area contributed by atoms with Crippen molar-refractivity contribution in [1.29, 1.82) is 0 Å². The summed E-state index contributed by atoms with van der Waals surface area (Å²) in [7, 11) is -4.63. The van der Waals surface area contributed by atoms with E-state index in [2.05, 4.69) is 55.8 Å². The lowest BCUT2D eigenvalue weighted by molar-refractivity contribution is -0.384. The van der Waals surface area contributed by atoms with Gasteiger partial charge in [0.05, 0.1) is 27.6 Å². The van der Waals surface area contributed by atoms with Gasteiger partial charge in [-0.3, -0.25) is 19.8 Å². The molecule has 1 aliphatic carbocycles. The van der Waals surface area contributed by atoms with E-state index in [0.717, 1.165) is 74.1 Å². The fraction of sp³-hybridized carbons (Fsp3) is 0.364. The summed E-state index contributed by atoms with van der Waals surface area (Å²) in [5.74, 6) is -0.407. The number of aromatic nitrogens is 2. The van der Waals surface area contributed by atoms with E-state index in [1.54, 1.807) is 24.4 Å². The Hall–Kier alpha value is -5.64. The van der Waals surface area contributed by atoms with E-state index in [4.69, 9.17) is 21.1 Å². The van der Waals surface area contributed by atoms with Crippen molar-refractivity contribution < 1.29 is 27.6 Å². The zero-order chi connectivity index (χ0) is 42.3. The molecule has 0 radical (unpaired) electrons. The summed E-state index contributed by atoms with van der Waals surface area (Å²) >= 11 is 6.24. The van der Waals surface area contributed by atoms with E-state index in [0.29, 0.717) is 11.4 Å². The highest BCUT2D eigenvalue weighted by molar-refractivity contribution is 7.90. The van der Waals surface area contributed by atoms with Crippen molar-refractivity contribution in [3.63, 3.8) is 0 Å². The molecule has 0 spiro atoms. The van der Waals surface area contributed by atoms with Crippen LogP contribution in [0, 0.1) is 21.4 Å². The Balaban J connectivity index is 1.03. The third-order valence-electron chi connectivity index (χ3n) is 11.7. The minimum Gasteiger partial charge on any atom is -0.489 e. The van der Waals surface area contributed by atoms with E-state index >= 15 is 0 Å². The number of ether oxygens (including phenoxy) is 2. The van der Waals surface area contributed by atoms with Crippen LogP contribution in [0.4, 0.5) is 17.1 Å². The molecule has 1 fully saturated rings. The SMILES string of the molecule is CC(C)[C@@H]1COc2cc(S(=O)(=O)NC(=O)c3ccc(N4CCN(CC5=C(c6ccc(Cl)cc6)CC(C)(C)CC5)CC4)cc3Oc3cnc4[nH]ccc4c3)cc([N+](=O)[O-])c2N1. The number of allylic oxidation sites excluding steroid dienone is 1. The summed E-state index contributed by atoms with van der Waals surface area (Å²) < 4.78 is 41.7. The molecule has 0 bridgehead atoms. The van der Waals surface area contributed by atoms with Crippen LogP contribution in [0.2, 0.25) is 5.02 Å². The molecule has 4 heterocycles. The van der Waals surface area contributed by atoms with E-state index < -0.39 is 31.4 Å². The molecule has 5 aromatic rings. The normalized spacial score (nSPS) is 18.2. The molecule has 3 aliphatic rings. The number of rotatable bonds is 11. The molecule has 2 aliphatic heterocycles. The van der Waals surface area contributed by atoms with Crippen molar-refractivity contribution in [3.8, 4) is 17.2 Å². The third-order valence-corrected chi connectivity index (χ3v) is 13.2. The van der Waals surface area contributed by atoms with Crippen molar-refractivity contribution >= 4 is 61.2 Å². The maximum Gasteiger partial charge on any atom is 0.297 e. The molecule has 314 valence electrons. The molecule has 0 saturated carbocycles. The van der Waals surface area contributed by atoms with Crippen LogP contribution >= 0.6 is 11.6 Å². The fourth-order valence-corrected chi connectivity index (χ4v) is 9.24. The standard InChI is InChI=1S/C44H48ClN7O7S/c1-27(2)37-26-58-40-22-34(21-38(52(54)55)41(40)48-37)60(56,57)49-43(53)35-10-9-32(20-39(35)59-33-19-29-12-14-46-42(29)47-24-33)51-17-15-50(16-18-51)25-30-11-13-44(3,4)23-36(30)28-5-7-31(45)8-6-28/h5-10,12,14,19-22,24,27,37,48H,11,13,15-18,23,25-26H2,1-4H3,(H,46,47)(H,49,53)/t37-/m0/s1. The number of benzene rings is 3. The van der Waals surface area contributed by atoms with E-state index in [-0.39, 0.29) is 46.7 Å². The molecular formula is C44H48ClN7O7S.